The summed E-state index contributed by atoms with van der Waals surface area (Å²) in [5.41, 5.74) is 4.14. The van der Waals surface area contributed by atoms with Gasteiger partial charge in [0, 0.05) is 46.3 Å². The van der Waals surface area contributed by atoms with Crippen molar-refractivity contribution in [2.24, 2.45) is 0 Å². The minimum atomic E-state index is -0.213. The first kappa shape index (κ1) is 18.3. The van der Waals surface area contributed by atoms with E-state index < -0.39 is 0 Å². The van der Waals surface area contributed by atoms with Gasteiger partial charge in [0.2, 0.25) is 5.69 Å². The zero-order valence-electron chi connectivity index (χ0n) is 14.9. The highest BCUT2D eigenvalue weighted by Gasteiger charge is 2.24. The molecule has 4 rings (SSSR count). The molecule has 0 radical (unpaired) electrons. The number of aryl methyl sites for hydroxylation is 1. The lowest BCUT2D eigenvalue weighted by Crippen LogP contribution is -2.20. The third-order valence-corrected chi connectivity index (χ3v) is 6.23. The van der Waals surface area contributed by atoms with Crippen molar-refractivity contribution >= 4 is 39.8 Å². The van der Waals surface area contributed by atoms with Crippen LogP contribution < -0.4 is 0 Å². The average Bonchev–Trinajstić information content (AvgIpc) is 3.02. The molecule has 0 unspecified atom stereocenters. The molecular weight excluding hydrogens is 381 g/mol. The summed E-state index contributed by atoms with van der Waals surface area (Å²) in [6.07, 6.45) is 8.80. The number of nitrogens with zero attached hydrogens (tertiary/aromatic N) is 3. The molecule has 27 heavy (non-hydrogen) atoms. The van der Waals surface area contributed by atoms with Crippen LogP contribution in [0.1, 0.15) is 37.3 Å². The van der Waals surface area contributed by atoms with Crippen LogP contribution in [0.4, 0.5) is 5.69 Å². The Kier molecular flexibility index (Phi) is 4.86. The lowest BCUT2D eigenvalue weighted by atomic mass is 9.93. The number of aliphatic hydroxyl groups is 1. The van der Waals surface area contributed by atoms with Crippen molar-refractivity contribution in [3.63, 3.8) is 0 Å². The Morgan fingerprint density at radius 1 is 1.15 bits per heavy atom. The zero-order valence-corrected chi connectivity index (χ0v) is 16.4. The fraction of sp³-hybridized carbons (Fsp3) is 0.333. The van der Waals surface area contributed by atoms with Gasteiger partial charge in [-0.25, -0.2) is 4.85 Å². The van der Waals surface area contributed by atoms with E-state index in [0.29, 0.717) is 15.7 Å². The summed E-state index contributed by atoms with van der Waals surface area (Å²) in [7, 11) is 0. The molecule has 1 N–H and O–H groups in total. The van der Waals surface area contributed by atoms with E-state index in [1.54, 1.807) is 12.4 Å². The maximum absolute atomic E-state index is 9.86. The van der Waals surface area contributed by atoms with Crippen LogP contribution in [0.3, 0.4) is 0 Å². The summed E-state index contributed by atoms with van der Waals surface area (Å²) >= 11 is 12.9. The van der Waals surface area contributed by atoms with Crippen LogP contribution in [-0.2, 0) is 0 Å². The standard InChI is InChI=1S/C21H19Cl2N3O/c1-12-9-25-10-16(21(12)23)17-11-26(13-3-5-14(27)6-4-13)20-8-18(22)19(24-2)7-15(17)20/h7-11,13-14,27H,3-6H2,1H3. The SMILES string of the molecule is [C-]#[N+]c1cc2c(-c3cncc(C)c3Cl)cn(C3CCC(O)CC3)c2cc1Cl. The Balaban J connectivity index is 1.96. The summed E-state index contributed by atoms with van der Waals surface area (Å²) in [5.74, 6) is 0. The van der Waals surface area contributed by atoms with Crippen molar-refractivity contribution in [3.8, 4) is 11.1 Å². The van der Waals surface area contributed by atoms with Crippen molar-refractivity contribution in [1.82, 2.24) is 9.55 Å². The zero-order chi connectivity index (χ0) is 19.1. The molecule has 0 atom stereocenters. The number of benzene rings is 1. The summed E-state index contributed by atoms with van der Waals surface area (Å²) in [6.45, 7) is 9.34. The maximum atomic E-state index is 9.86. The molecule has 0 bridgehead atoms. The molecule has 6 heteroatoms. The second-order valence-corrected chi connectivity index (χ2v) is 7.95. The van der Waals surface area contributed by atoms with Crippen molar-refractivity contribution in [1.29, 1.82) is 0 Å². The second-order valence-electron chi connectivity index (χ2n) is 7.16. The number of aromatic nitrogens is 2. The molecule has 3 aromatic rings. The molecule has 1 fully saturated rings. The molecule has 1 aliphatic carbocycles. The van der Waals surface area contributed by atoms with Gasteiger partial charge in [0.15, 0.2) is 0 Å². The van der Waals surface area contributed by atoms with E-state index in [9.17, 15) is 5.11 Å². The number of fused-ring (bicyclic) bond motifs is 1. The van der Waals surface area contributed by atoms with E-state index in [1.807, 2.05) is 19.1 Å². The summed E-state index contributed by atoms with van der Waals surface area (Å²) in [6, 6.07) is 4.00. The summed E-state index contributed by atoms with van der Waals surface area (Å²) in [4.78, 5) is 7.86. The van der Waals surface area contributed by atoms with E-state index in [1.165, 1.54) is 0 Å². The fourth-order valence-electron chi connectivity index (χ4n) is 3.93. The smallest absolute Gasteiger partial charge is 0.206 e. The number of hydrogen-bond acceptors (Lipinski definition) is 2. The third kappa shape index (κ3) is 3.21. The summed E-state index contributed by atoms with van der Waals surface area (Å²) < 4.78 is 2.23. The van der Waals surface area contributed by atoms with Gasteiger partial charge < -0.3 is 9.67 Å². The first-order chi connectivity index (χ1) is 13.0. The minimum Gasteiger partial charge on any atom is -0.393 e. The number of rotatable bonds is 2. The van der Waals surface area contributed by atoms with Gasteiger partial charge in [0.1, 0.15) is 0 Å². The van der Waals surface area contributed by atoms with Crippen LogP contribution in [-0.4, -0.2) is 20.8 Å². The second kappa shape index (κ2) is 7.16. The highest BCUT2D eigenvalue weighted by molar-refractivity contribution is 6.35. The van der Waals surface area contributed by atoms with Crippen molar-refractivity contribution in [2.45, 2.75) is 44.8 Å². The van der Waals surface area contributed by atoms with Gasteiger partial charge in [-0.2, -0.15) is 0 Å². The Morgan fingerprint density at radius 3 is 2.59 bits per heavy atom. The molecule has 1 saturated carbocycles. The molecule has 1 aliphatic rings. The average molecular weight is 400 g/mol. The number of halogens is 2. The van der Waals surface area contributed by atoms with Gasteiger partial charge in [-0.05, 0) is 55.7 Å². The van der Waals surface area contributed by atoms with Crippen LogP contribution in [0.5, 0.6) is 0 Å². The largest absolute Gasteiger partial charge is 0.393 e. The van der Waals surface area contributed by atoms with Crippen LogP contribution in [0.2, 0.25) is 10.0 Å². The van der Waals surface area contributed by atoms with Crippen LogP contribution in [0.15, 0.2) is 30.7 Å². The third-order valence-electron chi connectivity index (χ3n) is 5.43. The molecule has 138 valence electrons. The quantitative estimate of drug-likeness (QED) is 0.510. The van der Waals surface area contributed by atoms with Gasteiger partial charge in [0.25, 0.3) is 0 Å². The maximum Gasteiger partial charge on any atom is 0.206 e. The van der Waals surface area contributed by atoms with Crippen LogP contribution in [0, 0.1) is 13.5 Å². The van der Waals surface area contributed by atoms with Crippen molar-refractivity contribution in [2.75, 3.05) is 0 Å². The number of hydrogen-bond donors (Lipinski definition) is 1. The van der Waals surface area contributed by atoms with E-state index >= 15 is 0 Å². The predicted molar refractivity (Wildman–Crippen MR) is 110 cm³/mol. The Hall–Kier alpha value is -2.06. The van der Waals surface area contributed by atoms with Crippen molar-refractivity contribution in [3.05, 3.63) is 57.7 Å². The molecule has 4 nitrogen and oxygen atoms in total. The lowest BCUT2D eigenvalue weighted by Gasteiger charge is -2.27. The normalized spacial score (nSPS) is 20.0. The highest BCUT2D eigenvalue weighted by Crippen LogP contribution is 2.42. The molecule has 2 heterocycles. The van der Waals surface area contributed by atoms with Crippen LogP contribution >= 0.6 is 23.2 Å². The van der Waals surface area contributed by atoms with E-state index in [2.05, 4.69) is 20.6 Å². The Labute approximate surface area is 168 Å². The van der Waals surface area contributed by atoms with E-state index in [4.69, 9.17) is 29.8 Å². The molecule has 0 aliphatic heterocycles. The predicted octanol–water partition coefficient (Wildman–Crippen LogP) is 6.35. The Morgan fingerprint density at radius 2 is 1.89 bits per heavy atom. The topological polar surface area (TPSA) is 42.4 Å². The molecular formula is C21H19Cl2N3O. The Bertz CT molecular complexity index is 1060. The first-order valence-electron chi connectivity index (χ1n) is 8.99. The van der Waals surface area contributed by atoms with Crippen molar-refractivity contribution < 1.29 is 5.11 Å². The minimum absolute atomic E-state index is 0.213. The summed E-state index contributed by atoms with van der Waals surface area (Å²) in [5, 5.41) is 11.9. The fourth-order valence-corrected chi connectivity index (χ4v) is 4.33. The van der Waals surface area contributed by atoms with Gasteiger partial charge in [0.05, 0.1) is 17.7 Å². The monoisotopic (exact) mass is 399 g/mol. The molecule has 0 amide bonds. The molecule has 2 aromatic heterocycles. The van der Waals surface area contributed by atoms with Gasteiger partial charge in [-0.1, -0.05) is 23.2 Å². The molecule has 0 spiro atoms. The first-order valence-corrected chi connectivity index (χ1v) is 9.75. The number of pyridine rings is 1. The highest BCUT2D eigenvalue weighted by atomic mass is 35.5. The van der Waals surface area contributed by atoms with Gasteiger partial charge in [-0.3, -0.25) is 4.98 Å². The van der Waals surface area contributed by atoms with Gasteiger partial charge in [-0.15, -0.1) is 0 Å². The van der Waals surface area contributed by atoms with Crippen LogP contribution in [0.25, 0.3) is 26.9 Å². The lowest BCUT2D eigenvalue weighted by molar-refractivity contribution is 0.111. The number of aliphatic hydroxyl groups excluding tert-OH is 1. The van der Waals surface area contributed by atoms with E-state index in [0.717, 1.165) is 53.3 Å². The van der Waals surface area contributed by atoms with E-state index in [-0.39, 0.29) is 12.1 Å². The molecule has 0 saturated heterocycles. The molecule has 1 aromatic carbocycles. The van der Waals surface area contributed by atoms with Gasteiger partial charge >= 0.3 is 0 Å².